The van der Waals surface area contributed by atoms with Crippen LogP contribution in [0.15, 0.2) is 0 Å². The number of amides is 1. The summed E-state index contributed by atoms with van der Waals surface area (Å²) in [5.74, 6) is 0.0549. The third-order valence-electron chi connectivity index (χ3n) is 4.63. The fourth-order valence-corrected chi connectivity index (χ4v) is 3.27. The highest BCUT2D eigenvalue weighted by atomic mass is 16.6. The molecule has 0 saturated heterocycles. The van der Waals surface area contributed by atoms with Gasteiger partial charge in [-0.2, -0.15) is 0 Å². The van der Waals surface area contributed by atoms with E-state index in [0.29, 0.717) is 23.7 Å². The lowest BCUT2D eigenvalue weighted by Crippen LogP contribution is -2.44. The maximum Gasteiger partial charge on any atom is 0.408 e. The molecule has 1 fully saturated rings. The van der Waals surface area contributed by atoms with Crippen molar-refractivity contribution < 1.29 is 19.4 Å². The molecule has 5 nitrogen and oxygen atoms in total. The quantitative estimate of drug-likeness (QED) is 0.811. The van der Waals surface area contributed by atoms with Crippen LogP contribution in [0, 0.1) is 17.3 Å². The SMILES string of the molecule is CC(C)(C)OC(=O)N[C@@H](C[C@H]1CC[C@H](C(C)(C)C)CC1)C(=O)O. The van der Waals surface area contributed by atoms with Crippen LogP contribution in [0.4, 0.5) is 4.79 Å². The van der Waals surface area contributed by atoms with E-state index in [2.05, 4.69) is 26.1 Å². The Morgan fingerprint density at radius 2 is 1.61 bits per heavy atom. The van der Waals surface area contributed by atoms with Crippen molar-refractivity contribution >= 4 is 12.1 Å². The van der Waals surface area contributed by atoms with Crippen LogP contribution in [-0.2, 0) is 9.53 Å². The smallest absolute Gasteiger partial charge is 0.408 e. The third kappa shape index (κ3) is 7.23. The van der Waals surface area contributed by atoms with Crippen LogP contribution in [-0.4, -0.2) is 28.8 Å². The van der Waals surface area contributed by atoms with Crippen molar-refractivity contribution in [2.45, 2.75) is 85.3 Å². The average Bonchev–Trinajstić information content (AvgIpc) is 2.35. The van der Waals surface area contributed by atoms with E-state index in [1.165, 1.54) is 0 Å². The zero-order valence-corrected chi connectivity index (χ0v) is 15.4. The summed E-state index contributed by atoms with van der Waals surface area (Å²) < 4.78 is 5.16. The van der Waals surface area contributed by atoms with Gasteiger partial charge < -0.3 is 15.2 Å². The maximum atomic E-state index is 11.8. The van der Waals surface area contributed by atoms with Crippen molar-refractivity contribution in [3.05, 3.63) is 0 Å². The maximum absolute atomic E-state index is 11.8. The van der Waals surface area contributed by atoms with E-state index in [1.54, 1.807) is 20.8 Å². The van der Waals surface area contributed by atoms with E-state index < -0.39 is 23.7 Å². The van der Waals surface area contributed by atoms with Gasteiger partial charge in [0.1, 0.15) is 11.6 Å². The van der Waals surface area contributed by atoms with Gasteiger partial charge in [-0.3, -0.25) is 0 Å². The first-order chi connectivity index (χ1) is 10.4. The molecule has 0 aliphatic heterocycles. The number of carboxylic acids is 1. The number of rotatable bonds is 4. The van der Waals surface area contributed by atoms with Gasteiger partial charge in [-0.05, 0) is 57.3 Å². The molecule has 1 atom stereocenters. The molecule has 0 bridgehead atoms. The topological polar surface area (TPSA) is 75.6 Å². The van der Waals surface area contributed by atoms with E-state index >= 15 is 0 Å². The summed E-state index contributed by atoms with van der Waals surface area (Å²) in [7, 11) is 0. The summed E-state index contributed by atoms with van der Waals surface area (Å²) >= 11 is 0. The van der Waals surface area contributed by atoms with E-state index in [0.717, 1.165) is 25.7 Å². The molecule has 2 N–H and O–H groups in total. The molecule has 0 heterocycles. The molecule has 0 aromatic carbocycles. The van der Waals surface area contributed by atoms with Crippen molar-refractivity contribution in [1.29, 1.82) is 0 Å². The standard InChI is InChI=1S/C18H33NO4/c1-17(2,3)13-9-7-12(8-10-13)11-14(15(20)21)19-16(22)23-18(4,5)6/h12-14H,7-11H2,1-6H3,(H,19,22)(H,20,21)/t12-,13-,14-/m0/s1. The molecule has 1 saturated carbocycles. The summed E-state index contributed by atoms with van der Waals surface area (Å²) in [5, 5.41) is 11.9. The van der Waals surface area contributed by atoms with Crippen molar-refractivity contribution in [2.24, 2.45) is 17.3 Å². The Labute approximate surface area is 140 Å². The molecule has 23 heavy (non-hydrogen) atoms. The number of hydrogen-bond donors (Lipinski definition) is 2. The van der Waals surface area contributed by atoms with Gasteiger partial charge in [0, 0.05) is 0 Å². The predicted molar refractivity (Wildman–Crippen MR) is 90.3 cm³/mol. The van der Waals surface area contributed by atoms with Crippen LogP contribution in [0.25, 0.3) is 0 Å². The molecule has 134 valence electrons. The highest BCUT2D eigenvalue weighted by Crippen LogP contribution is 2.40. The summed E-state index contributed by atoms with van der Waals surface area (Å²) in [6.07, 6.45) is 4.14. The molecule has 0 aromatic heterocycles. The molecule has 0 unspecified atom stereocenters. The number of carboxylic acid groups (broad SMARTS) is 1. The molecule has 0 spiro atoms. The molecule has 5 heteroatoms. The number of ether oxygens (including phenoxy) is 1. The van der Waals surface area contributed by atoms with E-state index in [-0.39, 0.29) is 0 Å². The van der Waals surface area contributed by atoms with Gasteiger partial charge in [0.2, 0.25) is 0 Å². The number of carbonyl (C=O) groups excluding carboxylic acids is 1. The van der Waals surface area contributed by atoms with Crippen LogP contribution in [0.2, 0.25) is 0 Å². The summed E-state index contributed by atoms with van der Waals surface area (Å²) in [6.45, 7) is 12.1. The number of carbonyl (C=O) groups is 2. The molecular formula is C18H33NO4. The first-order valence-electron chi connectivity index (χ1n) is 8.61. The van der Waals surface area contributed by atoms with Crippen molar-refractivity contribution in [2.75, 3.05) is 0 Å². The minimum Gasteiger partial charge on any atom is -0.480 e. The normalized spacial score (nSPS) is 23.9. The van der Waals surface area contributed by atoms with Crippen molar-refractivity contribution in [1.82, 2.24) is 5.32 Å². The predicted octanol–water partition coefficient (Wildman–Crippen LogP) is 4.21. The second-order valence-electron chi connectivity index (χ2n) is 8.86. The fraction of sp³-hybridized carbons (Fsp3) is 0.889. The second-order valence-corrected chi connectivity index (χ2v) is 8.86. The number of aliphatic carboxylic acids is 1. The summed E-state index contributed by atoms with van der Waals surface area (Å²) in [6, 6.07) is -0.874. The zero-order chi connectivity index (χ0) is 17.8. The molecule has 1 amide bonds. The Hall–Kier alpha value is -1.26. The first-order valence-corrected chi connectivity index (χ1v) is 8.61. The molecular weight excluding hydrogens is 294 g/mol. The van der Waals surface area contributed by atoms with Crippen LogP contribution in [0.3, 0.4) is 0 Å². The minimum atomic E-state index is -0.992. The Kier molecular flexibility index (Phi) is 6.49. The van der Waals surface area contributed by atoms with Gasteiger partial charge in [0.25, 0.3) is 0 Å². The zero-order valence-electron chi connectivity index (χ0n) is 15.4. The Morgan fingerprint density at radius 3 is 2.00 bits per heavy atom. The summed E-state index contributed by atoms with van der Waals surface area (Å²) in [4.78, 5) is 23.2. The first kappa shape index (κ1) is 19.8. The number of alkyl carbamates (subject to hydrolysis) is 1. The van der Waals surface area contributed by atoms with Gasteiger partial charge >= 0.3 is 12.1 Å². The van der Waals surface area contributed by atoms with E-state index in [4.69, 9.17) is 4.74 Å². The van der Waals surface area contributed by atoms with Crippen molar-refractivity contribution in [3.8, 4) is 0 Å². The summed E-state index contributed by atoms with van der Waals surface area (Å²) in [5.41, 5.74) is -0.316. The van der Waals surface area contributed by atoms with Gasteiger partial charge in [0.15, 0.2) is 0 Å². The lowest BCUT2D eigenvalue weighted by Gasteiger charge is -2.37. The molecule has 1 aliphatic rings. The minimum absolute atomic E-state index is 0.311. The van der Waals surface area contributed by atoms with E-state index in [1.807, 2.05) is 0 Å². The highest BCUT2D eigenvalue weighted by Gasteiger charge is 2.32. The average molecular weight is 327 g/mol. The molecule has 1 aliphatic carbocycles. The lowest BCUT2D eigenvalue weighted by molar-refractivity contribution is -0.140. The van der Waals surface area contributed by atoms with Crippen molar-refractivity contribution in [3.63, 3.8) is 0 Å². The Balaban J connectivity index is 2.52. The number of hydrogen-bond acceptors (Lipinski definition) is 3. The van der Waals surface area contributed by atoms with Crippen LogP contribution in [0.5, 0.6) is 0 Å². The molecule has 0 radical (unpaired) electrons. The van der Waals surface area contributed by atoms with E-state index in [9.17, 15) is 14.7 Å². The van der Waals surface area contributed by atoms with Crippen LogP contribution >= 0.6 is 0 Å². The fourth-order valence-electron chi connectivity index (χ4n) is 3.27. The third-order valence-corrected chi connectivity index (χ3v) is 4.63. The van der Waals surface area contributed by atoms with Gasteiger partial charge in [0.05, 0.1) is 0 Å². The largest absolute Gasteiger partial charge is 0.480 e. The highest BCUT2D eigenvalue weighted by molar-refractivity contribution is 5.80. The number of nitrogens with one attached hydrogen (secondary N) is 1. The van der Waals surface area contributed by atoms with Gasteiger partial charge in [-0.25, -0.2) is 9.59 Å². The van der Waals surface area contributed by atoms with Gasteiger partial charge in [-0.15, -0.1) is 0 Å². The second kappa shape index (κ2) is 7.54. The molecule has 1 rings (SSSR count). The van der Waals surface area contributed by atoms with Crippen LogP contribution < -0.4 is 5.32 Å². The Morgan fingerprint density at radius 1 is 1.09 bits per heavy atom. The van der Waals surface area contributed by atoms with Gasteiger partial charge in [-0.1, -0.05) is 33.6 Å². The lowest BCUT2D eigenvalue weighted by atomic mass is 9.69. The van der Waals surface area contributed by atoms with Crippen LogP contribution in [0.1, 0.15) is 73.6 Å². The molecule has 0 aromatic rings. The Bertz CT molecular complexity index is 412. The monoisotopic (exact) mass is 327 g/mol.